The fraction of sp³-hybridized carbons (Fsp3) is 0.632. The first-order valence-corrected chi connectivity index (χ1v) is 9.13. The Bertz CT molecular complexity index is 605. The second kappa shape index (κ2) is 12.1. The number of methoxy groups -OCH3 is 3. The summed E-state index contributed by atoms with van der Waals surface area (Å²) in [6.45, 7) is 3.28. The van der Waals surface area contributed by atoms with Crippen LogP contribution in [0.3, 0.4) is 0 Å². The van der Waals surface area contributed by atoms with Gasteiger partial charge in [0.25, 0.3) is 0 Å². The average Bonchev–Trinajstić information content (AvgIpc) is 2.67. The monoisotopic (exact) mass is 493 g/mol. The Hall–Kier alpha value is -1.42. The number of nitrogens with zero attached hydrogens (tertiary/aromatic N) is 1. The second-order valence-corrected chi connectivity index (χ2v) is 6.34. The molecule has 1 aliphatic rings. The molecule has 0 radical (unpaired) electrons. The Kier molecular flexibility index (Phi) is 10.6. The first kappa shape index (κ1) is 23.6. The SMILES string of the molecule is CCNC(=NCc1ccc(OC)c(OC)c1OC)NC1CCC(O)CC1.I. The topological polar surface area (TPSA) is 84.3 Å². The Labute approximate surface area is 178 Å². The standard InChI is InChI=1S/C19H31N3O4.HI/c1-5-20-19(22-14-7-9-15(23)10-8-14)21-12-13-6-11-16(24-2)18(26-4)17(13)25-3;/h6,11,14-15,23H,5,7-10,12H2,1-4H3,(H2,20,21,22);1H. The fourth-order valence-corrected chi connectivity index (χ4v) is 3.19. The van der Waals surface area contributed by atoms with Gasteiger partial charge < -0.3 is 30.0 Å². The van der Waals surface area contributed by atoms with Gasteiger partial charge in [0, 0.05) is 18.2 Å². The zero-order valence-corrected chi connectivity index (χ0v) is 18.9. The number of aliphatic hydroxyl groups is 1. The van der Waals surface area contributed by atoms with Crippen LogP contribution in [0.5, 0.6) is 17.2 Å². The molecule has 0 bridgehead atoms. The summed E-state index contributed by atoms with van der Waals surface area (Å²) in [4.78, 5) is 4.69. The lowest BCUT2D eigenvalue weighted by molar-refractivity contribution is 0.120. The highest BCUT2D eigenvalue weighted by Gasteiger charge is 2.20. The molecule has 0 spiro atoms. The van der Waals surface area contributed by atoms with Crippen molar-refractivity contribution in [1.29, 1.82) is 0 Å². The van der Waals surface area contributed by atoms with E-state index >= 15 is 0 Å². The van der Waals surface area contributed by atoms with Gasteiger partial charge in [-0.15, -0.1) is 24.0 Å². The number of rotatable bonds is 7. The largest absolute Gasteiger partial charge is 0.493 e. The summed E-state index contributed by atoms with van der Waals surface area (Å²) in [5.74, 6) is 2.60. The number of aliphatic hydroxyl groups excluding tert-OH is 1. The van der Waals surface area contributed by atoms with E-state index in [1.807, 2.05) is 19.1 Å². The summed E-state index contributed by atoms with van der Waals surface area (Å²) in [5, 5.41) is 16.4. The molecule has 1 aromatic carbocycles. The van der Waals surface area contributed by atoms with Gasteiger partial charge in [0.2, 0.25) is 5.75 Å². The van der Waals surface area contributed by atoms with Crippen LogP contribution in [0.1, 0.15) is 38.2 Å². The Balaban J connectivity index is 0.00000364. The quantitative estimate of drug-likeness (QED) is 0.308. The van der Waals surface area contributed by atoms with Gasteiger partial charge in [0.1, 0.15) is 0 Å². The molecule has 1 saturated carbocycles. The number of hydrogen-bond acceptors (Lipinski definition) is 5. The molecular formula is C19H32IN3O4. The van der Waals surface area contributed by atoms with Crippen LogP contribution in [0, 0.1) is 0 Å². The first-order valence-electron chi connectivity index (χ1n) is 9.13. The zero-order chi connectivity index (χ0) is 18.9. The van der Waals surface area contributed by atoms with Crippen molar-refractivity contribution < 1.29 is 19.3 Å². The summed E-state index contributed by atoms with van der Waals surface area (Å²) in [6.07, 6.45) is 3.40. The maximum Gasteiger partial charge on any atom is 0.203 e. The predicted molar refractivity (Wildman–Crippen MR) is 118 cm³/mol. The molecule has 154 valence electrons. The van der Waals surface area contributed by atoms with Crippen molar-refractivity contribution in [2.24, 2.45) is 4.99 Å². The summed E-state index contributed by atoms with van der Waals surface area (Å²) in [6, 6.07) is 4.13. The molecule has 1 fully saturated rings. The van der Waals surface area contributed by atoms with Crippen LogP contribution in [0.4, 0.5) is 0 Å². The van der Waals surface area contributed by atoms with Crippen molar-refractivity contribution in [2.75, 3.05) is 27.9 Å². The molecule has 2 rings (SSSR count). The number of benzene rings is 1. The van der Waals surface area contributed by atoms with Gasteiger partial charge in [0.15, 0.2) is 17.5 Å². The van der Waals surface area contributed by atoms with Gasteiger partial charge in [-0.3, -0.25) is 0 Å². The second-order valence-electron chi connectivity index (χ2n) is 6.34. The number of guanidine groups is 1. The summed E-state index contributed by atoms with van der Waals surface area (Å²) in [7, 11) is 4.81. The lowest BCUT2D eigenvalue weighted by Gasteiger charge is -2.27. The predicted octanol–water partition coefficient (Wildman–Crippen LogP) is 2.69. The van der Waals surface area contributed by atoms with Crippen LogP contribution in [-0.4, -0.2) is 51.1 Å². The summed E-state index contributed by atoms with van der Waals surface area (Å²) >= 11 is 0. The Morgan fingerprint density at radius 2 is 1.74 bits per heavy atom. The Morgan fingerprint density at radius 3 is 2.30 bits per heavy atom. The van der Waals surface area contributed by atoms with Gasteiger partial charge in [-0.2, -0.15) is 0 Å². The molecule has 0 atom stereocenters. The van der Waals surface area contributed by atoms with E-state index in [2.05, 4.69) is 10.6 Å². The van der Waals surface area contributed by atoms with Gasteiger partial charge in [-0.05, 0) is 44.7 Å². The van der Waals surface area contributed by atoms with E-state index in [4.69, 9.17) is 19.2 Å². The minimum atomic E-state index is -0.163. The lowest BCUT2D eigenvalue weighted by atomic mass is 9.93. The highest BCUT2D eigenvalue weighted by atomic mass is 127. The van der Waals surface area contributed by atoms with E-state index in [0.29, 0.717) is 29.8 Å². The molecule has 1 aromatic rings. The first-order chi connectivity index (χ1) is 12.6. The van der Waals surface area contributed by atoms with Gasteiger partial charge >= 0.3 is 0 Å². The van der Waals surface area contributed by atoms with E-state index in [1.54, 1.807) is 21.3 Å². The third kappa shape index (κ3) is 6.60. The molecule has 1 aliphatic carbocycles. The molecule has 0 aliphatic heterocycles. The molecule has 0 unspecified atom stereocenters. The maximum atomic E-state index is 9.66. The maximum absolute atomic E-state index is 9.66. The molecule has 8 heteroatoms. The fourth-order valence-electron chi connectivity index (χ4n) is 3.19. The van der Waals surface area contributed by atoms with Crippen LogP contribution in [0.15, 0.2) is 17.1 Å². The third-order valence-corrected chi connectivity index (χ3v) is 4.58. The summed E-state index contributed by atoms with van der Waals surface area (Å²) < 4.78 is 16.3. The van der Waals surface area contributed by atoms with Crippen LogP contribution >= 0.6 is 24.0 Å². The van der Waals surface area contributed by atoms with Crippen molar-refractivity contribution in [2.45, 2.75) is 51.3 Å². The van der Waals surface area contributed by atoms with Crippen LogP contribution in [0.25, 0.3) is 0 Å². The highest BCUT2D eigenvalue weighted by Crippen LogP contribution is 2.39. The normalized spacial score (nSPS) is 19.7. The molecular weight excluding hydrogens is 461 g/mol. The van der Waals surface area contributed by atoms with Gasteiger partial charge in [-0.1, -0.05) is 0 Å². The number of ether oxygens (including phenoxy) is 3. The van der Waals surface area contributed by atoms with E-state index in [9.17, 15) is 5.11 Å². The van der Waals surface area contributed by atoms with Crippen LogP contribution in [0.2, 0.25) is 0 Å². The Morgan fingerprint density at radius 1 is 1.07 bits per heavy atom. The van der Waals surface area contributed by atoms with E-state index in [-0.39, 0.29) is 30.1 Å². The van der Waals surface area contributed by atoms with Crippen LogP contribution < -0.4 is 24.8 Å². The van der Waals surface area contributed by atoms with Crippen molar-refractivity contribution in [1.82, 2.24) is 10.6 Å². The molecule has 7 nitrogen and oxygen atoms in total. The van der Waals surface area contributed by atoms with Crippen molar-refractivity contribution in [3.8, 4) is 17.2 Å². The molecule has 0 aromatic heterocycles. The minimum Gasteiger partial charge on any atom is -0.493 e. The zero-order valence-electron chi connectivity index (χ0n) is 16.6. The smallest absolute Gasteiger partial charge is 0.203 e. The number of aliphatic imine (C=N–C) groups is 1. The molecule has 0 saturated heterocycles. The lowest BCUT2D eigenvalue weighted by Crippen LogP contribution is -2.45. The van der Waals surface area contributed by atoms with Crippen molar-refractivity contribution >= 4 is 29.9 Å². The third-order valence-electron chi connectivity index (χ3n) is 4.58. The van der Waals surface area contributed by atoms with Crippen molar-refractivity contribution in [3.05, 3.63) is 17.7 Å². The minimum absolute atomic E-state index is 0. The average molecular weight is 493 g/mol. The summed E-state index contributed by atoms with van der Waals surface area (Å²) in [5.41, 5.74) is 0.918. The number of halogens is 1. The van der Waals surface area contributed by atoms with E-state index in [0.717, 1.165) is 43.8 Å². The van der Waals surface area contributed by atoms with E-state index in [1.165, 1.54) is 0 Å². The van der Waals surface area contributed by atoms with Gasteiger partial charge in [-0.25, -0.2) is 4.99 Å². The molecule has 3 N–H and O–H groups in total. The van der Waals surface area contributed by atoms with Gasteiger partial charge in [0.05, 0.1) is 34.0 Å². The van der Waals surface area contributed by atoms with Crippen molar-refractivity contribution in [3.63, 3.8) is 0 Å². The van der Waals surface area contributed by atoms with E-state index < -0.39 is 0 Å². The molecule has 0 heterocycles. The molecule has 27 heavy (non-hydrogen) atoms. The van der Waals surface area contributed by atoms with Crippen LogP contribution in [-0.2, 0) is 6.54 Å². The number of hydrogen-bond donors (Lipinski definition) is 3. The highest BCUT2D eigenvalue weighted by molar-refractivity contribution is 14.0. The number of nitrogens with one attached hydrogen (secondary N) is 2. The molecule has 0 amide bonds.